The molecule has 0 N–H and O–H groups in total. The summed E-state index contributed by atoms with van der Waals surface area (Å²) in [5.41, 5.74) is 1.26. The van der Waals surface area contributed by atoms with Crippen molar-refractivity contribution in [2.75, 3.05) is 32.9 Å². The number of halogens is 1. The van der Waals surface area contributed by atoms with Gasteiger partial charge in [-0.3, -0.25) is 9.59 Å². The van der Waals surface area contributed by atoms with E-state index < -0.39 is 0 Å². The number of hydrogen-bond acceptors (Lipinski definition) is 6. The summed E-state index contributed by atoms with van der Waals surface area (Å²) in [7, 11) is 0. The maximum absolute atomic E-state index is 13.8. The van der Waals surface area contributed by atoms with E-state index in [1.807, 2.05) is 4.90 Å². The number of aliphatic imine (C=N–C) groups is 1. The van der Waals surface area contributed by atoms with Gasteiger partial charge in [-0.1, -0.05) is 25.3 Å². The second kappa shape index (κ2) is 10.9. The highest BCUT2D eigenvalue weighted by Crippen LogP contribution is 2.27. The van der Waals surface area contributed by atoms with Crippen LogP contribution < -0.4 is 4.74 Å². The molecule has 7 heteroatoms. The van der Waals surface area contributed by atoms with Gasteiger partial charge < -0.3 is 14.4 Å². The van der Waals surface area contributed by atoms with Crippen LogP contribution in [-0.4, -0.2) is 55.1 Å². The third-order valence-corrected chi connectivity index (χ3v) is 6.29. The number of morpholine rings is 1. The van der Waals surface area contributed by atoms with Crippen LogP contribution in [0.1, 0.15) is 50.5 Å². The summed E-state index contributed by atoms with van der Waals surface area (Å²) >= 11 is 0. The minimum absolute atomic E-state index is 0.0393. The fourth-order valence-electron chi connectivity index (χ4n) is 4.56. The smallest absolute Gasteiger partial charge is 0.164 e. The van der Waals surface area contributed by atoms with Gasteiger partial charge >= 0.3 is 0 Å². The molecule has 1 saturated heterocycles. The Hall–Kier alpha value is -2.54. The van der Waals surface area contributed by atoms with Crippen molar-refractivity contribution in [1.29, 1.82) is 0 Å². The molecule has 0 spiro atoms. The number of ether oxygens (including phenoxy) is 2. The summed E-state index contributed by atoms with van der Waals surface area (Å²) in [5.74, 6) is 1.08. The first-order valence-electron chi connectivity index (χ1n) is 11.6. The quantitative estimate of drug-likeness (QED) is 0.611. The van der Waals surface area contributed by atoms with Gasteiger partial charge in [-0.2, -0.15) is 0 Å². The summed E-state index contributed by atoms with van der Waals surface area (Å²) in [6, 6.07) is 4.35. The van der Waals surface area contributed by atoms with Crippen molar-refractivity contribution in [2.24, 2.45) is 10.9 Å². The second-order valence-electron chi connectivity index (χ2n) is 8.88. The zero-order valence-electron chi connectivity index (χ0n) is 18.5. The van der Waals surface area contributed by atoms with Gasteiger partial charge in [0.15, 0.2) is 5.78 Å². The lowest BCUT2D eigenvalue weighted by Crippen LogP contribution is -2.36. The maximum atomic E-state index is 13.8. The van der Waals surface area contributed by atoms with Gasteiger partial charge in [-0.25, -0.2) is 9.38 Å². The van der Waals surface area contributed by atoms with Crippen LogP contribution in [0.2, 0.25) is 0 Å². The molecule has 0 radical (unpaired) electrons. The Labute approximate surface area is 188 Å². The van der Waals surface area contributed by atoms with Crippen LogP contribution >= 0.6 is 0 Å². The first-order valence-corrected chi connectivity index (χ1v) is 11.6. The molecule has 1 saturated carbocycles. The minimum atomic E-state index is -0.373. The largest absolute Gasteiger partial charge is 0.493 e. The molecule has 0 aromatic heterocycles. The van der Waals surface area contributed by atoms with Gasteiger partial charge in [-0.15, -0.1) is 0 Å². The normalized spacial score (nSPS) is 20.0. The average molecular weight is 443 g/mol. The highest BCUT2D eigenvalue weighted by atomic mass is 19.1. The zero-order valence-corrected chi connectivity index (χ0v) is 18.5. The monoisotopic (exact) mass is 442 g/mol. The molecule has 1 aromatic rings. The number of Topliss-reactive ketones (excluding diaryl/α,β-unsaturated/α-hetero) is 1. The Morgan fingerprint density at radius 1 is 1.16 bits per heavy atom. The molecule has 4 rings (SSSR count). The predicted octanol–water partition coefficient (Wildman–Crippen LogP) is 3.87. The fraction of sp³-hybridized carbons (Fsp3) is 0.560. The maximum Gasteiger partial charge on any atom is 0.164 e. The van der Waals surface area contributed by atoms with Crippen molar-refractivity contribution in [2.45, 2.75) is 51.4 Å². The molecule has 32 heavy (non-hydrogen) atoms. The molecule has 0 unspecified atom stereocenters. The fourth-order valence-corrected chi connectivity index (χ4v) is 4.56. The lowest BCUT2D eigenvalue weighted by atomic mass is 9.90. The van der Waals surface area contributed by atoms with Crippen LogP contribution in [-0.2, 0) is 20.7 Å². The Kier molecular flexibility index (Phi) is 7.68. The van der Waals surface area contributed by atoms with Gasteiger partial charge in [-0.05, 0) is 24.8 Å². The molecule has 2 aliphatic heterocycles. The third kappa shape index (κ3) is 6.25. The molecule has 2 heterocycles. The van der Waals surface area contributed by atoms with E-state index in [-0.39, 0.29) is 36.6 Å². The number of rotatable bonds is 8. The average Bonchev–Trinajstić information content (AvgIpc) is 2.80. The first kappa shape index (κ1) is 22.6. The number of benzene rings is 1. The van der Waals surface area contributed by atoms with Crippen molar-refractivity contribution in [3.63, 3.8) is 0 Å². The Bertz CT molecular complexity index is 899. The summed E-state index contributed by atoms with van der Waals surface area (Å²) in [6.07, 6.45) is 7.91. The summed E-state index contributed by atoms with van der Waals surface area (Å²) < 4.78 is 25.2. The Morgan fingerprint density at radius 3 is 2.72 bits per heavy atom. The van der Waals surface area contributed by atoms with Crippen LogP contribution in [0.4, 0.5) is 4.39 Å². The second-order valence-corrected chi connectivity index (χ2v) is 8.88. The lowest BCUT2D eigenvalue weighted by Gasteiger charge is -2.30. The van der Waals surface area contributed by atoms with Crippen LogP contribution in [0.5, 0.6) is 5.75 Å². The van der Waals surface area contributed by atoms with E-state index in [2.05, 4.69) is 4.99 Å². The minimum Gasteiger partial charge on any atom is -0.493 e. The molecule has 3 aliphatic rings. The molecule has 2 fully saturated rings. The van der Waals surface area contributed by atoms with E-state index in [1.165, 1.54) is 31.4 Å². The number of nitrogens with zero attached hydrogens (tertiary/aromatic N) is 2. The number of allylic oxidation sites excluding steroid dienone is 1. The number of hydrogen-bond donors (Lipinski definition) is 0. The highest BCUT2D eigenvalue weighted by Gasteiger charge is 2.22. The van der Waals surface area contributed by atoms with Crippen LogP contribution in [0.15, 0.2) is 35.1 Å². The van der Waals surface area contributed by atoms with Crippen molar-refractivity contribution < 1.29 is 23.5 Å². The first-order chi connectivity index (χ1) is 15.6. The zero-order chi connectivity index (χ0) is 22.3. The van der Waals surface area contributed by atoms with Gasteiger partial charge in [0, 0.05) is 55.8 Å². The molecular formula is C25H31FN2O4. The predicted molar refractivity (Wildman–Crippen MR) is 119 cm³/mol. The van der Waals surface area contributed by atoms with Crippen LogP contribution in [0.3, 0.4) is 0 Å². The van der Waals surface area contributed by atoms with Gasteiger partial charge in [0.05, 0.1) is 19.8 Å². The summed E-state index contributed by atoms with van der Waals surface area (Å²) in [5, 5.41) is 0. The van der Waals surface area contributed by atoms with E-state index in [0.717, 1.165) is 12.8 Å². The van der Waals surface area contributed by atoms with Crippen LogP contribution in [0.25, 0.3) is 0 Å². The molecule has 1 aliphatic carbocycles. The molecule has 0 amide bonds. The van der Waals surface area contributed by atoms with E-state index in [0.29, 0.717) is 61.7 Å². The Morgan fingerprint density at radius 2 is 1.94 bits per heavy atom. The molecule has 1 aromatic carbocycles. The molecule has 172 valence electrons. The van der Waals surface area contributed by atoms with E-state index in [9.17, 15) is 14.0 Å². The van der Waals surface area contributed by atoms with Gasteiger partial charge in [0.1, 0.15) is 23.2 Å². The number of carbonyl (C=O) groups is 2. The highest BCUT2D eigenvalue weighted by molar-refractivity contribution is 6.14. The molecule has 0 bridgehead atoms. The van der Waals surface area contributed by atoms with Crippen LogP contribution in [0, 0.1) is 11.7 Å². The SMILES string of the molecule is O=C1C=C(N2CCOCC2)N=C(CC(=O)Cc2ccc(F)cc2OCC2CCCCC2)C1. The summed E-state index contributed by atoms with van der Waals surface area (Å²) in [4.78, 5) is 31.6. The van der Waals surface area contributed by atoms with Gasteiger partial charge in [0.25, 0.3) is 0 Å². The Balaban J connectivity index is 1.38. The van der Waals surface area contributed by atoms with E-state index in [1.54, 1.807) is 12.1 Å². The van der Waals surface area contributed by atoms with E-state index >= 15 is 0 Å². The van der Waals surface area contributed by atoms with Crippen molar-refractivity contribution >= 4 is 17.3 Å². The molecule has 0 atom stereocenters. The molecule has 6 nitrogen and oxygen atoms in total. The van der Waals surface area contributed by atoms with Gasteiger partial charge in [0.2, 0.25) is 0 Å². The molecular weight excluding hydrogens is 411 g/mol. The summed E-state index contributed by atoms with van der Waals surface area (Å²) in [6.45, 7) is 3.12. The standard InChI is InChI=1S/C25H31FN2O4/c26-20-7-6-19(24(13-20)32-17-18-4-2-1-3-5-18)12-22(29)14-21-15-23(30)16-25(27-21)28-8-10-31-11-9-28/h6-7,13,16,18H,1-5,8-12,14-15,17H2. The topological polar surface area (TPSA) is 68.2 Å². The van der Waals surface area contributed by atoms with Crippen molar-refractivity contribution in [1.82, 2.24) is 4.90 Å². The van der Waals surface area contributed by atoms with Crippen molar-refractivity contribution in [3.05, 3.63) is 41.5 Å². The number of carbonyl (C=O) groups excluding carboxylic acids is 2. The third-order valence-electron chi connectivity index (χ3n) is 6.29. The van der Waals surface area contributed by atoms with E-state index in [4.69, 9.17) is 9.47 Å². The number of ketones is 2. The van der Waals surface area contributed by atoms with Crippen molar-refractivity contribution in [3.8, 4) is 5.75 Å². The lowest BCUT2D eigenvalue weighted by molar-refractivity contribution is -0.117.